The Hall–Kier alpha value is -1.53. The lowest BCUT2D eigenvalue weighted by molar-refractivity contribution is 0.179. The normalized spacial score (nSPS) is 10.6. The third kappa shape index (κ3) is 3.24. The lowest BCUT2D eigenvalue weighted by atomic mass is 10.2. The van der Waals surface area contributed by atoms with E-state index in [1.165, 1.54) is 23.7 Å². The lowest BCUT2D eigenvalue weighted by Gasteiger charge is -2.14. The van der Waals surface area contributed by atoms with E-state index in [2.05, 4.69) is 9.36 Å². The molecular formula is C12H14FN3OS. The van der Waals surface area contributed by atoms with Crippen molar-refractivity contribution in [1.82, 2.24) is 9.36 Å². The minimum atomic E-state index is -0.223. The smallest absolute Gasteiger partial charge is 0.205 e. The zero-order valence-corrected chi connectivity index (χ0v) is 11.1. The Balaban J connectivity index is 2.02. The minimum Gasteiger partial charge on any atom is -0.377 e. The van der Waals surface area contributed by atoms with Gasteiger partial charge < -0.3 is 9.64 Å². The van der Waals surface area contributed by atoms with Crippen LogP contribution in [0.2, 0.25) is 0 Å². The molecule has 0 radical (unpaired) electrons. The molecule has 0 unspecified atom stereocenters. The first kappa shape index (κ1) is 12.9. The molecule has 4 nitrogen and oxygen atoms in total. The van der Waals surface area contributed by atoms with E-state index < -0.39 is 0 Å². The van der Waals surface area contributed by atoms with E-state index in [1.807, 2.05) is 11.9 Å². The molecule has 0 fully saturated rings. The molecule has 2 rings (SSSR count). The number of aromatic nitrogens is 2. The quantitative estimate of drug-likeness (QED) is 0.834. The van der Waals surface area contributed by atoms with E-state index in [9.17, 15) is 4.39 Å². The van der Waals surface area contributed by atoms with Crippen LogP contribution in [0.3, 0.4) is 0 Å². The predicted molar refractivity (Wildman–Crippen MR) is 69.1 cm³/mol. The summed E-state index contributed by atoms with van der Waals surface area (Å²) in [6.07, 6.45) is 0. The van der Waals surface area contributed by atoms with E-state index >= 15 is 0 Å². The molecule has 0 bridgehead atoms. The number of benzene rings is 1. The summed E-state index contributed by atoms with van der Waals surface area (Å²) in [5.41, 5.74) is 1.03. The number of ether oxygens (including phenoxy) is 1. The summed E-state index contributed by atoms with van der Waals surface area (Å²) in [5.74, 6) is 0.461. The fraction of sp³-hybridized carbons (Fsp3) is 0.333. The first-order valence-electron chi connectivity index (χ1n) is 5.46. The molecule has 0 aliphatic rings. The molecular weight excluding hydrogens is 253 g/mol. The van der Waals surface area contributed by atoms with Gasteiger partial charge in [0.1, 0.15) is 12.4 Å². The summed E-state index contributed by atoms with van der Waals surface area (Å²) < 4.78 is 21.9. The standard InChI is InChI=1S/C12H14FN3OS/c1-16(7-9-3-5-10(13)6-4-9)12-14-11(8-17-2)15-18-12/h3-6H,7-8H2,1-2H3. The highest BCUT2D eigenvalue weighted by molar-refractivity contribution is 7.09. The molecule has 2 aromatic rings. The number of halogens is 1. The number of methoxy groups -OCH3 is 1. The Morgan fingerprint density at radius 1 is 1.33 bits per heavy atom. The summed E-state index contributed by atoms with van der Waals surface area (Å²) in [6, 6.07) is 6.45. The van der Waals surface area contributed by atoms with E-state index in [0.29, 0.717) is 19.0 Å². The molecule has 1 heterocycles. The van der Waals surface area contributed by atoms with Crippen LogP contribution >= 0.6 is 11.5 Å². The van der Waals surface area contributed by atoms with Crippen LogP contribution in [0.15, 0.2) is 24.3 Å². The zero-order chi connectivity index (χ0) is 13.0. The topological polar surface area (TPSA) is 38.2 Å². The largest absolute Gasteiger partial charge is 0.377 e. The number of anilines is 1. The maximum absolute atomic E-state index is 12.8. The molecule has 18 heavy (non-hydrogen) atoms. The van der Waals surface area contributed by atoms with Gasteiger partial charge in [0.2, 0.25) is 5.13 Å². The van der Waals surface area contributed by atoms with Crippen molar-refractivity contribution in [2.45, 2.75) is 13.2 Å². The van der Waals surface area contributed by atoms with Crippen molar-refractivity contribution in [1.29, 1.82) is 0 Å². The minimum absolute atomic E-state index is 0.223. The predicted octanol–water partition coefficient (Wildman–Crippen LogP) is 2.46. The zero-order valence-electron chi connectivity index (χ0n) is 10.3. The van der Waals surface area contributed by atoms with Gasteiger partial charge in [-0.3, -0.25) is 0 Å². The van der Waals surface area contributed by atoms with Crippen molar-refractivity contribution in [3.05, 3.63) is 41.5 Å². The molecule has 0 amide bonds. The Labute approximate surface area is 109 Å². The van der Waals surface area contributed by atoms with Gasteiger partial charge in [0, 0.05) is 32.2 Å². The number of nitrogens with zero attached hydrogens (tertiary/aromatic N) is 3. The third-order valence-electron chi connectivity index (χ3n) is 2.39. The maximum atomic E-state index is 12.8. The van der Waals surface area contributed by atoms with E-state index in [4.69, 9.17) is 4.74 Å². The van der Waals surface area contributed by atoms with Crippen LogP contribution in [-0.4, -0.2) is 23.5 Å². The fourth-order valence-electron chi connectivity index (χ4n) is 1.52. The van der Waals surface area contributed by atoms with Crippen LogP contribution in [0.4, 0.5) is 9.52 Å². The molecule has 0 aliphatic heterocycles. The number of hydrogen-bond acceptors (Lipinski definition) is 5. The first-order valence-corrected chi connectivity index (χ1v) is 6.23. The second-order valence-corrected chi connectivity index (χ2v) is 4.64. The summed E-state index contributed by atoms with van der Waals surface area (Å²) >= 11 is 1.33. The molecule has 0 saturated heterocycles. The molecule has 1 aromatic heterocycles. The monoisotopic (exact) mass is 267 g/mol. The summed E-state index contributed by atoms with van der Waals surface area (Å²) in [4.78, 5) is 6.32. The maximum Gasteiger partial charge on any atom is 0.205 e. The van der Waals surface area contributed by atoms with E-state index in [0.717, 1.165) is 10.7 Å². The highest BCUT2D eigenvalue weighted by atomic mass is 32.1. The van der Waals surface area contributed by atoms with Crippen LogP contribution in [0, 0.1) is 5.82 Å². The van der Waals surface area contributed by atoms with Crippen molar-refractivity contribution in [2.24, 2.45) is 0 Å². The third-order valence-corrected chi connectivity index (χ3v) is 3.26. The molecule has 0 atom stereocenters. The first-order chi connectivity index (χ1) is 8.69. The summed E-state index contributed by atoms with van der Waals surface area (Å²) in [7, 11) is 3.55. The van der Waals surface area contributed by atoms with Gasteiger partial charge in [-0.2, -0.15) is 4.37 Å². The summed E-state index contributed by atoms with van der Waals surface area (Å²) in [5, 5.41) is 0.825. The number of rotatable bonds is 5. The van der Waals surface area contributed by atoms with Crippen molar-refractivity contribution >= 4 is 16.7 Å². The Bertz CT molecular complexity index is 500. The van der Waals surface area contributed by atoms with E-state index in [-0.39, 0.29) is 5.82 Å². The molecule has 6 heteroatoms. The molecule has 0 saturated carbocycles. The van der Waals surface area contributed by atoms with Gasteiger partial charge in [0.05, 0.1) is 0 Å². The van der Waals surface area contributed by atoms with Crippen molar-refractivity contribution in [3.63, 3.8) is 0 Å². The highest BCUT2D eigenvalue weighted by Gasteiger charge is 2.09. The second kappa shape index (κ2) is 5.88. The average molecular weight is 267 g/mol. The lowest BCUT2D eigenvalue weighted by Crippen LogP contribution is -2.16. The Morgan fingerprint density at radius 3 is 2.72 bits per heavy atom. The molecule has 0 N–H and O–H groups in total. The second-order valence-electron chi connectivity index (χ2n) is 3.91. The summed E-state index contributed by atoms with van der Waals surface area (Å²) in [6.45, 7) is 1.09. The average Bonchev–Trinajstić information content (AvgIpc) is 2.81. The van der Waals surface area contributed by atoms with Gasteiger partial charge in [-0.05, 0) is 17.7 Å². The van der Waals surface area contributed by atoms with Crippen molar-refractivity contribution in [3.8, 4) is 0 Å². The van der Waals surface area contributed by atoms with Crippen molar-refractivity contribution < 1.29 is 9.13 Å². The Morgan fingerprint density at radius 2 is 2.06 bits per heavy atom. The van der Waals surface area contributed by atoms with Crippen LogP contribution in [0.25, 0.3) is 0 Å². The van der Waals surface area contributed by atoms with Crippen LogP contribution in [-0.2, 0) is 17.9 Å². The molecule has 0 aliphatic carbocycles. The molecule has 96 valence electrons. The molecule has 0 spiro atoms. The van der Waals surface area contributed by atoms with Gasteiger partial charge in [-0.25, -0.2) is 9.37 Å². The van der Waals surface area contributed by atoms with Gasteiger partial charge in [-0.1, -0.05) is 12.1 Å². The Kier molecular flexibility index (Phi) is 4.22. The van der Waals surface area contributed by atoms with E-state index in [1.54, 1.807) is 19.2 Å². The van der Waals surface area contributed by atoms with Crippen LogP contribution < -0.4 is 4.90 Å². The van der Waals surface area contributed by atoms with Gasteiger partial charge in [0.25, 0.3) is 0 Å². The van der Waals surface area contributed by atoms with Crippen LogP contribution in [0.5, 0.6) is 0 Å². The van der Waals surface area contributed by atoms with Gasteiger partial charge >= 0.3 is 0 Å². The highest BCUT2D eigenvalue weighted by Crippen LogP contribution is 2.18. The van der Waals surface area contributed by atoms with Crippen molar-refractivity contribution in [2.75, 3.05) is 19.1 Å². The van der Waals surface area contributed by atoms with Gasteiger partial charge in [-0.15, -0.1) is 0 Å². The fourth-order valence-corrected chi connectivity index (χ4v) is 2.15. The van der Waals surface area contributed by atoms with Gasteiger partial charge in [0.15, 0.2) is 5.82 Å². The van der Waals surface area contributed by atoms with Crippen LogP contribution in [0.1, 0.15) is 11.4 Å². The molecule has 1 aromatic carbocycles. The SMILES string of the molecule is COCc1nsc(N(C)Cc2ccc(F)cc2)n1. The number of hydrogen-bond donors (Lipinski definition) is 0.